The molecule has 8 heteroatoms. The molecule has 0 spiro atoms. The van der Waals surface area contributed by atoms with Crippen molar-refractivity contribution in [2.75, 3.05) is 26.0 Å². The maximum absolute atomic E-state index is 11.6. The van der Waals surface area contributed by atoms with Crippen molar-refractivity contribution in [3.8, 4) is 0 Å². The molecule has 0 aliphatic carbocycles. The number of methoxy groups -OCH3 is 1. The number of rotatable bonds is 3. The Bertz CT molecular complexity index is 325. The van der Waals surface area contributed by atoms with E-state index < -0.39 is 21.7 Å². The molecule has 0 amide bonds. The molecule has 1 heterocycles. The number of hydrogen-bond donors (Lipinski definition) is 1. The third-order valence-corrected chi connectivity index (χ3v) is 4.17. The van der Waals surface area contributed by atoms with Crippen molar-refractivity contribution in [2.45, 2.75) is 18.9 Å². The van der Waals surface area contributed by atoms with Crippen LogP contribution in [-0.4, -0.2) is 50.7 Å². The van der Waals surface area contributed by atoms with Gasteiger partial charge in [-0.15, -0.1) is 12.4 Å². The smallest absolute Gasteiger partial charge is 0.322 e. The predicted molar refractivity (Wildman–Crippen MR) is 61.8 cm³/mol. The van der Waals surface area contributed by atoms with Crippen LogP contribution < -0.4 is 5.73 Å². The molecule has 1 aliphatic rings. The summed E-state index contributed by atoms with van der Waals surface area (Å²) in [4.78, 5) is 10.9. The Morgan fingerprint density at radius 3 is 2.38 bits per heavy atom. The molecule has 1 aliphatic heterocycles. The second-order valence-corrected chi connectivity index (χ2v) is 5.54. The molecule has 0 aromatic heterocycles. The normalized spacial score (nSPS) is 18.9. The summed E-state index contributed by atoms with van der Waals surface area (Å²) in [6, 6.07) is 0.0644. The lowest BCUT2D eigenvalue weighted by Gasteiger charge is -2.28. The van der Waals surface area contributed by atoms with Crippen LogP contribution in [0.5, 0.6) is 0 Å². The average molecular weight is 273 g/mol. The Balaban J connectivity index is 0.00000225. The standard InChI is InChI=1S/C8H16N2O4S.ClH/c1-14-8(11)6-15(12,13)10-4-2-7(9)3-5-10;/h7H,2-6,9H2,1H3;1H. The van der Waals surface area contributed by atoms with Gasteiger partial charge in [0.1, 0.15) is 0 Å². The number of nitrogens with two attached hydrogens (primary N) is 1. The molecule has 0 atom stereocenters. The van der Waals surface area contributed by atoms with Crippen LogP contribution in [0, 0.1) is 0 Å². The fourth-order valence-corrected chi connectivity index (χ4v) is 2.82. The topological polar surface area (TPSA) is 89.7 Å². The third kappa shape index (κ3) is 4.25. The number of sulfonamides is 1. The molecule has 1 saturated heterocycles. The minimum Gasteiger partial charge on any atom is -0.468 e. The highest BCUT2D eigenvalue weighted by Gasteiger charge is 2.28. The van der Waals surface area contributed by atoms with E-state index in [1.165, 1.54) is 11.4 Å². The number of hydrogen-bond acceptors (Lipinski definition) is 5. The van der Waals surface area contributed by atoms with Gasteiger partial charge in [-0.25, -0.2) is 12.7 Å². The van der Waals surface area contributed by atoms with Gasteiger partial charge in [-0.3, -0.25) is 4.79 Å². The molecule has 0 aromatic carbocycles. The fourth-order valence-electron chi connectivity index (χ4n) is 1.45. The zero-order chi connectivity index (χ0) is 11.5. The highest BCUT2D eigenvalue weighted by atomic mass is 35.5. The van der Waals surface area contributed by atoms with Crippen LogP contribution in [-0.2, 0) is 19.6 Å². The lowest BCUT2D eigenvalue weighted by Crippen LogP contribution is -2.44. The van der Waals surface area contributed by atoms with Crippen LogP contribution in [0.25, 0.3) is 0 Å². The molecule has 2 N–H and O–H groups in total. The second-order valence-electron chi connectivity index (χ2n) is 3.57. The van der Waals surface area contributed by atoms with E-state index in [0.29, 0.717) is 25.9 Å². The van der Waals surface area contributed by atoms with Crippen LogP contribution in [0.1, 0.15) is 12.8 Å². The molecule has 1 rings (SSSR count). The van der Waals surface area contributed by atoms with Crippen molar-refractivity contribution in [1.29, 1.82) is 0 Å². The van der Waals surface area contributed by atoms with Gasteiger partial charge in [0.05, 0.1) is 7.11 Å². The van der Waals surface area contributed by atoms with Crippen molar-refractivity contribution in [3.63, 3.8) is 0 Å². The largest absolute Gasteiger partial charge is 0.468 e. The number of piperidine rings is 1. The number of ether oxygens (including phenoxy) is 1. The highest BCUT2D eigenvalue weighted by molar-refractivity contribution is 7.89. The van der Waals surface area contributed by atoms with Crippen molar-refractivity contribution < 1.29 is 17.9 Å². The van der Waals surface area contributed by atoms with Gasteiger partial charge in [0.2, 0.25) is 10.0 Å². The lowest BCUT2D eigenvalue weighted by molar-refractivity contribution is -0.137. The van der Waals surface area contributed by atoms with E-state index in [0.717, 1.165) is 0 Å². The number of nitrogens with zero attached hydrogens (tertiary/aromatic N) is 1. The maximum atomic E-state index is 11.6. The Hall–Kier alpha value is -0.370. The number of halogens is 1. The second kappa shape index (κ2) is 6.39. The van der Waals surface area contributed by atoms with E-state index >= 15 is 0 Å². The monoisotopic (exact) mass is 272 g/mol. The first-order chi connectivity index (χ1) is 6.95. The Morgan fingerprint density at radius 1 is 1.44 bits per heavy atom. The van der Waals surface area contributed by atoms with E-state index in [1.54, 1.807) is 0 Å². The fraction of sp³-hybridized carbons (Fsp3) is 0.875. The van der Waals surface area contributed by atoms with E-state index in [4.69, 9.17) is 5.73 Å². The molecule has 0 radical (unpaired) electrons. The first kappa shape index (κ1) is 15.6. The first-order valence-corrected chi connectivity index (χ1v) is 6.37. The molecule has 0 unspecified atom stereocenters. The van der Waals surface area contributed by atoms with E-state index in [1.807, 2.05) is 0 Å². The summed E-state index contributed by atoms with van der Waals surface area (Å²) in [6.45, 7) is 0.779. The van der Waals surface area contributed by atoms with Crippen molar-refractivity contribution in [1.82, 2.24) is 4.31 Å². The lowest BCUT2D eigenvalue weighted by atomic mass is 10.1. The van der Waals surface area contributed by atoms with Crippen LogP contribution in [0.3, 0.4) is 0 Å². The predicted octanol–water partition coefficient (Wildman–Crippen LogP) is -0.666. The van der Waals surface area contributed by atoms with Crippen LogP contribution in [0.15, 0.2) is 0 Å². The highest BCUT2D eigenvalue weighted by Crippen LogP contribution is 2.12. The molecule has 0 saturated carbocycles. The van der Waals surface area contributed by atoms with Crippen molar-refractivity contribution >= 4 is 28.4 Å². The molecule has 1 fully saturated rings. The van der Waals surface area contributed by atoms with Crippen LogP contribution >= 0.6 is 12.4 Å². The summed E-state index contributed by atoms with van der Waals surface area (Å²) in [5.74, 6) is -1.32. The van der Waals surface area contributed by atoms with Gasteiger partial charge in [-0.2, -0.15) is 0 Å². The van der Waals surface area contributed by atoms with E-state index in [-0.39, 0.29) is 18.4 Å². The Labute approximate surface area is 102 Å². The van der Waals surface area contributed by atoms with Gasteiger partial charge in [-0.05, 0) is 12.8 Å². The molecule has 96 valence electrons. The summed E-state index contributed by atoms with van der Waals surface area (Å²) in [6.07, 6.45) is 1.28. The molecular weight excluding hydrogens is 256 g/mol. The summed E-state index contributed by atoms with van der Waals surface area (Å²) >= 11 is 0. The van der Waals surface area contributed by atoms with Crippen LogP contribution in [0.4, 0.5) is 0 Å². The van der Waals surface area contributed by atoms with Gasteiger partial charge in [0.15, 0.2) is 5.75 Å². The summed E-state index contributed by atoms with van der Waals surface area (Å²) in [5, 5.41) is 0. The Kier molecular flexibility index (Phi) is 6.24. The molecule has 6 nitrogen and oxygen atoms in total. The Morgan fingerprint density at radius 2 is 1.94 bits per heavy atom. The third-order valence-electron chi connectivity index (χ3n) is 2.42. The molecule has 0 bridgehead atoms. The minimum atomic E-state index is -3.51. The summed E-state index contributed by atoms with van der Waals surface area (Å²) in [7, 11) is -2.34. The molecular formula is C8H17ClN2O4S. The van der Waals surface area contributed by atoms with E-state index in [2.05, 4.69) is 4.74 Å². The first-order valence-electron chi connectivity index (χ1n) is 4.76. The molecule has 0 aromatic rings. The molecule has 16 heavy (non-hydrogen) atoms. The quantitative estimate of drug-likeness (QED) is 0.689. The average Bonchev–Trinajstić information content (AvgIpc) is 2.17. The van der Waals surface area contributed by atoms with Gasteiger partial charge in [0.25, 0.3) is 0 Å². The van der Waals surface area contributed by atoms with Crippen LogP contribution in [0.2, 0.25) is 0 Å². The van der Waals surface area contributed by atoms with Gasteiger partial charge in [0, 0.05) is 19.1 Å². The summed E-state index contributed by atoms with van der Waals surface area (Å²) < 4.78 is 28.9. The van der Waals surface area contributed by atoms with Crippen molar-refractivity contribution in [3.05, 3.63) is 0 Å². The summed E-state index contributed by atoms with van der Waals surface area (Å²) in [5.41, 5.74) is 5.65. The number of carbonyl (C=O) groups excluding carboxylic acids is 1. The van der Waals surface area contributed by atoms with Gasteiger partial charge in [-0.1, -0.05) is 0 Å². The SMILES string of the molecule is COC(=O)CS(=O)(=O)N1CCC(N)CC1.Cl. The van der Waals surface area contributed by atoms with Gasteiger partial charge < -0.3 is 10.5 Å². The minimum absolute atomic E-state index is 0. The zero-order valence-corrected chi connectivity index (χ0v) is 10.7. The van der Waals surface area contributed by atoms with Gasteiger partial charge >= 0.3 is 5.97 Å². The number of carbonyl (C=O) groups is 1. The van der Waals surface area contributed by atoms with E-state index in [9.17, 15) is 13.2 Å². The maximum Gasteiger partial charge on any atom is 0.322 e. The zero-order valence-electron chi connectivity index (χ0n) is 9.09. The number of esters is 1. The van der Waals surface area contributed by atoms with Crippen molar-refractivity contribution in [2.24, 2.45) is 5.73 Å².